The molecule has 0 saturated carbocycles. The fourth-order valence-corrected chi connectivity index (χ4v) is 3.86. The molecule has 3 heterocycles. The molecule has 3 aromatic rings. The standard InChI is InChI=1S/C21H28N6O/c1-2-3-12-27-18-8-5-4-7-16(18)24-20(27)15-26-13-9-17(19(28)14-26)25-21-22-10-6-11-23-21/h4-8,10-11,17,19,28H,2-3,9,12-15H2,1H3,(H,22,23,25)/t17-,19-/m1/s1. The molecular weight excluding hydrogens is 352 g/mol. The molecule has 4 rings (SSSR count). The lowest BCUT2D eigenvalue weighted by atomic mass is 10.0. The molecule has 1 aliphatic heterocycles. The Kier molecular flexibility index (Phi) is 5.83. The van der Waals surface area contributed by atoms with Crippen molar-refractivity contribution in [2.75, 3.05) is 18.4 Å². The molecule has 1 saturated heterocycles. The second-order valence-corrected chi connectivity index (χ2v) is 7.44. The van der Waals surface area contributed by atoms with Gasteiger partial charge in [0.15, 0.2) is 0 Å². The number of aromatic nitrogens is 4. The van der Waals surface area contributed by atoms with Crippen LogP contribution in [0.15, 0.2) is 42.7 Å². The monoisotopic (exact) mass is 380 g/mol. The van der Waals surface area contributed by atoms with Crippen molar-refractivity contribution in [3.05, 3.63) is 48.5 Å². The van der Waals surface area contributed by atoms with Crippen LogP contribution >= 0.6 is 0 Å². The number of likely N-dealkylation sites (tertiary alicyclic amines) is 1. The van der Waals surface area contributed by atoms with Crippen molar-refractivity contribution in [2.24, 2.45) is 0 Å². The van der Waals surface area contributed by atoms with Crippen molar-refractivity contribution in [1.82, 2.24) is 24.4 Å². The average molecular weight is 380 g/mol. The van der Waals surface area contributed by atoms with E-state index in [-0.39, 0.29) is 6.04 Å². The summed E-state index contributed by atoms with van der Waals surface area (Å²) in [6.45, 7) is 5.46. The first-order valence-electron chi connectivity index (χ1n) is 10.1. The molecule has 0 spiro atoms. The van der Waals surface area contributed by atoms with Crippen molar-refractivity contribution >= 4 is 17.0 Å². The number of hydrogen-bond acceptors (Lipinski definition) is 6. The number of aryl methyl sites for hydroxylation is 1. The van der Waals surface area contributed by atoms with Crippen molar-refractivity contribution in [1.29, 1.82) is 0 Å². The number of rotatable bonds is 7. The third-order valence-electron chi connectivity index (χ3n) is 5.38. The lowest BCUT2D eigenvalue weighted by Crippen LogP contribution is -2.49. The molecule has 0 unspecified atom stereocenters. The van der Waals surface area contributed by atoms with Crippen molar-refractivity contribution in [2.45, 2.75) is 51.4 Å². The van der Waals surface area contributed by atoms with E-state index in [0.29, 0.717) is 12.5 Å². The van der Waals surface area contributed by atoms with E-state index in [1.54, 1.807) is 18.5 Å². The van der Waals surface area contributed by atoms with Gasteiger partial charge in [0, 0.05) is 32.0 Å². The smallest absolute Gasteiger partial charge is 0.222 e. The molecule has 1 aliphatic rings. The summed E-state index contributed by atoms with van der Waals surface area (Å²) in [5.41, 5.74) is 2.25. The first-order valence-corrected chi connectivity index (χ1v) is 10.1. The van der Waals surface area contributed by atoms with Gasteiger partial charge in [-0.25, -0.2) is 15.0 Å². The number of hydrogen-bond donors (Lipinski definition) is 2. The Morgan fingerprint density at radius 1 is 1.18 bits per heavy atom. The van der Waals surface area contributed by atoms with Crippen LogP contribution in [0, 0.1) is 0 Å². The van der Waals surface area contributed by atoms with Gasteiger partial charge in [-0.2, -0.15) is 0 Å². The normalized spacial score (nSPS) is 20.5. The zero-order chi connectivity index (χ0) is 19.3. The van der Waals surface area contributed by atoms with Crippen molar-refractivity contribution < 1.29 is 5.11 Å². The summed E-state index contributed by atoms with van der Waals surface area (Å²) in [5, 5.41) is 13.9. The molecule has 7 heteroatoms. The Hall–Kier alpha value is -2.51. The van der Waals surface area contributed by atoms with Crippen LogP contribution in [0.1, 0.15) is 32.0 Å². The molecule has 28 heavy (non-hydrogen) atoms. The van der Waals surface area contributed by atoms with Gasteiger partial charge >= 0.3 is 0 Å². The van der Waals surface area contributed by atoms with E-state index in [1.165, 1.54) is 5.52 Å². The first-order chi connectivity index (χ1) is 13.7. The number of aliphatic hydroxyl groups excluding tert-OH is 1. The predicted octanol–water partition coefficient (Wildman–Crippen LogP) is 2.67. The molecule has 0 bridgehead atoms. The van der Waals surface area contributed by atoms with Gasteiger partial charge in [-0.15, -0.1) is 0 Å². The number of nitrogens with one attached hydrogen (secondary N) is 1. The van der Waals surface area contributed by atoms with Crippen LogP contribution in [0.5, 0.6) is 0 Å². The molecular formula is C21H28N6O. The molecule has 2 atom stereocenters. The van der Waals surface area contributed by atoms with Crippen LogP contribution in [-0.2, 0) is 13.1 Å². The maximum Gasteiger partial charge on any atom is 0.222 e. The predicted molar refractivity (Wildman–Crippen MR) is 110 cm³/mol. The van der Waals surface area contributed by atoms with Crippen LogP contribution in [0.4, 0.5) is 5.95 Å². The molecule has 1 fully saturated rings. The number of para-hydroxylation sites is 2. The molecule has 0 radical (unpaired) electrons. The highest BCUT2D eigenvalue weighted by atomic mass is 16.3. The van der Waals surface area contributed by atoms with E-state index in [0.717, 1.165) is 50.2 Å². The lowest BCUT2D eigenvalue weighted by molar-refractivity contribution is 0.0542. The van der Waals surface area contributed by atoms with E-state index >= 15 is 0 Å². The molecule has 7 nitrogen and oxygen atoms in total. The highest BCUT2D eigenvalue weighted by molar-refractivity contribution is 5.75. The number of benzene rings is 1. The van der Waals surface area contributed by atoms with Gasteiger partial charge in [-0.1, -0.05) is 25.5 Å². The molecule has 1 aromatic carbocycles. The van der Waals surface area contributed by atoms with Crippen LogP contribution in [-0.4, -0.2) is 54.8 Å². The van der Waals surface area contributed by atoms with Crippen molar-refractivity contribution in [3.8, 4) is 0 Å². The van der Waals surface area contributed by atoms with Crippen LogP contribution < -0.4 is 5.32 Å². The highest BCUT2D eigenvalue weighted by Crippen LogP contribution is 2.21. The van der Waals surface area contributed by atoms with Gasteiger partial charge in [0.2, 0.25) is 5.95 Å². The Balaban J connectivity index is 1.44. The SMILES string of the molecule is CCCCn1c(CN2CC[C@@H](Nc3ncccn3)[C@H](O)C2)nc2ccccc21. The van der Waals surface area contributed by atoms with E-state index in [4.69, 9.17) is 4.98 Å². The maximum atomic E-state index is 10.6. The number of nitrogens with zero attached hydrogens (tertiary/aromatic N) is 5. The number of aliphatic hydroxyl groups is 1. The van der Waals surface area contributed by atoms with E-state index < -0.39 is 6.10 Å². The maximum absolute atomic E-state index is 10.6. The Labute approximate surface area is 165 Å². The van der Waals surface area contributed by atoms with Gasteiger partial charge in [-0.05, 0) is 31.0 Å². The third-order valence-corrected chi connectivity index (χ3v) is 5.38. The van der Waals surface area contributed by atoms with Gasteiger partial charge in [-0.3, -0.25) is 4.90 Å². The topological polar surface area (TPSA) is 79.1 Å². The molecule has 148 valence electrons. The Morgan fingerprint density at radius 2 is 2.00 bits per heavy atom. The zero-order valence-corrected chi connectivity index (χ0v) is 16.3. The highest BCUT2D eigenvalue weighted by Gasteiger charge is 2.29. The minimum Gasteiger partial charge on any atom is -0.390 e. The number of anilines is 1. The first kappa shape index (κ1) is 18.8. The molecule has 2 N–H and O–H groups in total. The Bertz CT molecular complexity index is 896. The summed E-state index contributed by atoms with van der Waals surface area (Å²) < 4.78 is 2.34. The van der Waals surface area contributed by atoms with Gasteiger partial charge in [0.1, 0.15) is 5.82 Å². The van der Waals surface area contributed by atoms with Gasteiger partial charge in [0.25, 0.3) is 0 Å². The zero-order valence-electron chi connectivity index (χ0n) is 16.3. The summed E-state index contributed by atoms with van der Waals surface area (Å²) in [6.07, 6.45) is 6.08. The fraction of sp³-hybridized carbons (Fsp3) is 0.476. The van der Waals surface area contributed by atoms with Crippen LogP contribution in [0.3, 0.4) is 0 Å². The molecule has 0 amide bonds. The molecule has 0 aliphatic carbocycles. The summed E-state index contributed by atoms with van der Waals surface area (Å²) in [7, 11) is 0. The molecule has 2 aromatic heterocycles. The van der Waals surface area contributed by atoms with Crippen LogP contribution in [0.25, 0.3) is 11.0 Å². The van der Waals surface area contributed by atoms with Gasteiger partial charge < -0.3 is 15.0 Å². The lowest BCUT2D eigenvalue weighted by Gasteiger charge is -2.36. The summed E-state index contributed by atoms with van der Waals surface area (Å²) in [4.78, 5) is 15.6. The van der Waals surface area contributed by atoms with E-state index in [1.807, 2.05) is 6.07 Å². The quantitative estimate of drug-likeness (QED) is 0.656. The largest absolute Gasteiger partial charge is 0.390 e. The van der Waals surface area contributed by atoms with Gasteiger partial charge in [0.05, 0.1) is 29.7 Å². The average Bonchev–Trinajstić information content (AvgIpc) is 3.06. The number of β-amino-alcohol motifs (C(OH)–C–C–N with tert-alkyl or cyclic N) is 1. The minimum absolute atomic E-state index is 0.0300. The Morgan fingerprint density at radius 3 is 2.79 bits per heavy atom. The number of imidazole rings is 1. The second kappa shape index (κ2) is 8.67. The number of fused-ring (bicyclic) bond motifs is 1. The van der Waals surface area contributed by atoms with Crippen molar-refractivity contribution in [3.63, 3.8) is 0 Å². The number of unbranched alkanes of at least 4 members (excludes halogenated alkanes) is 1. The minimum atomic E-state index is -0.467. The summed E-state index contributed by atoms with van der Waals surface area (Å²) >= 11 is 0. The number of piperidine rings is 1. The van der Waals surface area contributed by atoms with E-state index in [2.05, 4.69) is 49.9 Å². The summed E-state index contributed by atoms with van der Waals surface area (Å²) in [6, 6.07) is 10.1. The third kappa shape index (κ3) is 4.15. The second-order valence-electron chi connectivity index (χ2n) is 7.44. The van der Waals surface area contributed by atoms with E-state index in [9.17, 15) is 5.11 Å². The summed E-state index contributed by atoms with van der Waals surface area (Å²) in [5.74, 6) is 1.65. The van der Waals surface area contributed by atoms with Crippen LogP contribution in [0.2, 0.25) is 0 Å². The fourth-order valence-electron chi connectivity index (χ4n) is 3.86.